The largest absolute Gasteiger partial charge is 0.396 e. The van der Waals surface area contributed by atoms with E-state index >= 15 is 0 Å². The quantitative estimate of drug-likeness (QED) is 0.810. The van der Waals surface area contributed by atoms with Crippen molar-refractivity contribution in [2.45, 2.75) is 31.7 Å². The maximum absolute atomic E-state index is 12.2. The molecule has 2 amide bonds. The molecule has 1 heterocycles. The molecule has 1 aliphatic carbocycles. The van der Waals surface area contributed by atoms with Crippen LogP contribution in [0.4, 0.5) is 0 Å². The van der Waals surface area contributed by atoms with Gasteiger partial charge >= 0.3 is 0 Å². The number of nitrogens with zero attached hydrogens (tertiary/aromatic N) is 1. The van der Waals surface area contributed by atoms with Crippen LogP contribution in [0.3, 0.4) is 0 Å². The standard InChI is InChI=1S/C19H24N2O3/c22-13-15-9-11-21(12-10-15)18(23)8-3-14-1-4-16(5-2-14)19(24)20-17-6-7-17/h1-5,8,15,17,22H,6-7,9-13H2,(H,20,24)/b8-3+. The Morgan fingerprint density at radius 2 is 1.79 bits per heavy atom. The van der Waals surface area contributed by atoms with Crippen LogP contribution < -0.4 is 5.32 Å². The molecule has 128 valence electrons. The van der Waals surface area contributed by atoms with Gasteiger partial charge in [0.25, 0.3) is 5.91 Å². The van der Waals surface area contributed by atoms with Crippen LogP contribution in [0, 0.1) is 5.92 Å². The van der Waals surface area contributed by atoms with E-state index in [2.05, 4.69) is 5.32 Å². The molecule has 1 saturated carbocycles. The minimum Gasteiger partial charge on any atom is -0.396 e. The summed E-state index contributed by atoms with van der Waals surface area (Å²) in [5, 5.41) is 12.1. The van der Waals surface area contributed by atoms with Gasteiger partial charge in [0.1, 0.15) is 0 Å². The van der Waals surface area contributed by atoms with E-state index < -0.39 is 0 Å². The Morgan fingerprint density at radius 3 is 2.38 bits per heavy atom. The zero-order valence-electron chi connectivity index (χ0n) is 13.8. The Labute approximate surface area is 142 Å². The summed E-state index contributed by atoms with van der Waals surface area (Å²) >= 11 is 0. The summed E-state index contributed by atoms with van der Waals surface area (Å²) in [6, 6.07) is 7.63. The number of hydrogen-bond donors (Lipinski definition) is 2. The topological polar surface area (TPSA) is 69.6 Å². The molecule has 24 heavy (non-hydrogen) atoms. The van der Waals surface area contributed by atoms with E-state index in [1.165, 1.54) is 0 Å². The molecular formula is C19H24N2O3. The van der Waals surface area contributed by atoms with Crippen LogP contribution in [-0.2, 0) is 4.79 Å². The molecule has 1 aromatic carbocycles. The van der Waals surface area contributed by atoms with Crippen molar-refractivity contribution in [3.8, 4) is 0 Å². The molecular weight excluding hydrogens is 304 g/mol. The fraction of sp³-hybridized carbons (Fsp3) is 0.474. The average molecular weight is 328 g/mol. The summed E-state index contributed by atoms with van der Waals surface area (Å²) in [7, 11) is 0. The molecule has 2 N–H and O–H groups in total. The Hall–Kier alpha value is -2.14. The summed E-state index contributed by atoms with van der Waals surface area (Å²) in [6.45, 7) is 1.61. The van der Waals surface area contributed by atoms with Crippen molar-refractivity contribution >= 4 is 17.9 Å². The normalized spacial score (nSPS) is 18.8. The Bertz CT molecular complexity index is 612. The molecule has 0 radical (unpaired) electrons. The molecule has 5 nitrogen and oxygen atoms in total. The Morgan fingerprint density at radius 1 is 1.12 bits per heavy atom. The third kappa shape index (κ3) is 4.45. The number of aliphatic hydroxyl groups is 1. The van der Waals surface area contributed by atoms with Gasteiger partial charge in [0.2, 0.25) is 5.91 Å². The highest BCUT2D eigenvalue weighted by molar-refractivity contribution is 5.95. The predicted octanol–water partition coefficient (Wildman–Crippen LogP) is 1.82. The van der Waals surface area contributed by atoms with Crippen molar-refractivity contribution in [1.82, 2.24) is 10.2 Å². The zero-order valence-corrected chi connectivity index (χ0v) is 13.8. The van der Waals surface area contributed by atoms with E-state index in [0.29, 0.717) is 30.6 Å². The molecule has 0 bridgehead atoms. The van der Waals surface area contributed by atoms with Crippen LogP contribution in [0.1, 0.15) is 41.6 Å². The van der Waals surface area contributed by atoms with Crippen LogP contribution in [0.2, 0.25) is 0 Å². The fourth-order valence-electron chi connectivity index (χ4n) is 2.85. The summed E-state index contributed by atoms with van der Waals surface area (Å²) < 4.78 is 0. The average Bonchev–Trinajstić information content (AvgIpc) is 3.44. The molecule has 0 spiro atoms. The van der Waals surface area contributed by atoms with Gasteiger partial charge in [0, 0.05) is 37.4 Å². The van der Waals surface area contributed by atoms with Crippen LogP contribution >= 0.6 is 0 Å². The van der Waals surface area contributed by atoms with Gasteiger partial charge in [-0.3, -0.25) is 9.59 Å². The summed E-state index contributed by atoms with van der Waals surface area (Å²) in [5.74, 6) is 0.296. The van der Waals surface area contributed by atoms with Crippen LogP contribution in [0.5, 0.6) is 0 Å². The first kappa shape index (κ1) is 16.7. The van der Waals surface area contributed by atoms with Gasteiger partial charge in [-0.1, -0.05) is 12.1 Å². The van der Waals surface area contributed by atoms with E-state index in [1.54, 1.807) is 24.3 Å². The third-order valence-electron chi connectivity index (χ3n) is 4.69. The van der Waals surface area contributed by atoms with Gasteiger partial charge in [-0.25, -0.2) is 0 Å². The first-order valence-corrected chi connectivity index (χ1v) is 8.64. The molecule has 0 unspecified atom stereocenters. The number of aliphatic hydroxyl groups excluding tert-OH is 1. The summed E-state index contributed by atoms with van der Waals surface area (Å²) in [4.78, 5) is 25.9. The van der Waals surface area contributed by atoms with Crippen LogP contribution in [0.25, 0.3) is 6.08 Å². The number of amides is 2. The number of hydrogen-bond acceptors (Lipinski definition) is 3. The molecule has 3 rings (SSSR count). The molecule has 5 heteroatoms. The molecule has 0 atom stereocenters. The predicted molar refractivity (Wildman–Crippen MR) is 92.4 cm³/mol. The van der Waals surface area contributed by atoms with Gasteiger partial charge in [-0.05, 0) is 55.4 Å². The van der Waals surface area contributed by atoms with Gasteiger partial charge in [-0.15, -0.1) is 0 Å². The lowest BCUT2D eigenvalue weighted by Gasteiger charge is -2.30. The zero-order chi connectivity index (χ0) is 16.9. The Balaban J connectivity index is 1.52. The van der Waals surface area contributed by atoms with Crippen molar-refractivity contribution in [3.63, 3.8) is 0 Å². The molecule has 1 aliphatic heterocycles. The lowest BCUT2D eigenvalue weighted by Crippen LogP contribution is -2.38. The van der Waals surface area contributed by atoms with Crippen LogP contribution in [-0.4, -0.2) is 47.6 Å². The number of carbonyl (C=O) groups is 2. The van der Waals surface area contributed by atoms with Crippen molar-refractivity contribution < 1.29 is 14.7 Å². The lowest BCUT2D eigenvalue weighted by molar-refractivity contribution is -0.127. The van der Waals surface area contributed by atoms with E-state index in [-0.39, 0.29) is 18.4 Å². The first-order valence-electron chi connectivity index (χ1n) is 8.64. The fourth-order valence-corrected chi connectivity index (χ4v) is 2.85. The number of rotatable bonds is 5. The maximum Gasteiger partial charge on any atom is 0.251 e. The number of benzene rings is 1. The van der Waals surface area contributed by atoms with Crippen molar-refractivity contribution in [2.24, 2.45) is 5.92 Å². The SMILES string of the molecule is O=C(NC1CC1)c1ccc(/C=C/C(=O)N2CCC(CO)CC2)cc1. The highest BCUT2D eigenvalue weighted by Crippen LogP contribution is 2.19. The maximum atomic E-state index is 12.2. The second-order valence-electron chi connectivity index (χ2n) is 6.65. The highest BCUT2D eigenvalue weighted by atomic mass is 16.3. The molecule has 1 aromatic rings. The Kier molecular flexibility index (Phi) is 5.30. The molecule has 0 aromatic heterocycles. The first-order chi connectivity index (χ1) is 11.7. The van der Waals surface area contributed by atoms with Crippen molar-refractivity contribution in [2.75, 3.05) is 19.7 Å². The van der Waals surface area contributed by atoms with Crippen molar-refractivity contribution in [3.05, 3.63) is 41.5 Å². The monoisotopic (exact) mass is 328 g/mol. The molecule has 2 fully saturated rings. The minimum absolute atomic E-state index is 0.00180. The number of nitrogens with one attached hydrogen (secondary N) is 1. The van der Waals surface area contributed by atoms with Crippen molar-refractivity contribution in [1.29, 1.82) is 0 Å². The van der Waals surface area contributed by atoms with E-state index in [4.69, 9.17) is 5.11 Å². The highest BCUT2D eigenvalue weighted by Gasteiger charge is 2.23. The summed E-state index contributed by atoms with van der Waals surface area (Å²) in [5.41, 5.74) is 1.55. The van der Waals surface area contributed by atoms with E-state index in [9.17, 15) is 9.59 Å². The van der Waals surface area contributed by atoms with Gasteiger partial charge in [0.05, 0.1) is 0 Å². The van der Waals surface area contributed by atoms with E-state index in [1.807, 2.05) is 17.0 Å². The minimum atomic E-state index is -0.0316. The van der Waals surface area contributed by atoms with E-state index in [0.717, 1.165) is 31.2 Å². The smallest absolute Gasteiger partial charge is 0.251 e. The summed E-state index contributed by atoms with van der Waals surface area (Å²) in [6.07, 6.45) is 7.23. The second-order valence-corrected chi connectivity index (χ2v) is 6.65. The second kappa shape index (κ2) is 7.62. The van der Waals surface area contributed by atoms with Gasteiger partial charge < -0.3 is 15.3 Å². The number of likely N-dealkylation sites (tertiary alicyclic amines) is 1. The number of carbonyl (C=O) groups excluding carboxylic acids is 2. The number of piperidine rings is 1. The third-order valence-corrected chi connectivity index (χ3v) is 4.69. The lowest BCUT2D eigenvalue weighted by atomic mass is 9.98. The molecule has 1 saturated heterocycles. The molecule has 2 aliphatic rings. The van der Waals surface area contributed by atoms with Gasteiger partial charge in [0.15, 0.2) is 0 Å². The van der Waals surface area contributed by atoms with Crippen LogP contribution in [0.15, 0.2) is 30.3 Å². The van der Waals surface area contributed by atoms with Gasteiger partial charge in [-0.2, -0.15) is 0 Å².